The molecule has 16 heteroatoms. The third-order valence-electron chi connectivity index (χ3n) is 19.3. The summed E-state index contributed by atoms with van der Waals surface area (Å²) in [5.74, 6) is 3.64. The lowest BCUT2D eigenvalue weighted by Crippen LogP contribution is -2.61. The highest BCUT2D eigenvalue weighted by atomic mass is 16.5. The molecular formula is C67H87N7O9. The molecule has 0 unspecified atom stereocenters. The first-order valence-electron chi connectivity index (χ1n) is 29.8. The van der Waals surface area contributed by atoms with E-state index in [0.717, 1.165) is 46.3 Å². The summed E-state index contributed by atoms with van der Waals surface area (Å²) >= 11 is 0. The van der Waals surface area contributed by atoms with E-state index in [-0.39, 0.29) is 62.6 Å². The largest absolute Gasteiger partial charge is 0.508 e. The summed E-state index contributed by atoms with van der Waals surface area (Å²) in [4.78, 5) is 34.0. The molecule has 1 amide bonds. The number of rotatable bonds is 7. The van der Waals surface area contributed by atoms with Crippen LogP contribution in [-0.2, 0) is 33.6 Å². The summed E-state index contributed by atoms with van der Waals surface area (Å²) in [6, 6.07) is 19.1. The summed E-state index contributed by atoms with van der Waals surface area (Å²) in [5.41, 5.74) is 22.7. The maximum absolute atomic E-state index is 15.3. The van der Waals surface area contributed by atoms with Crippen molar-refractivity contribution in [2.45, 2.75) is 152 Å². The van der Waals surface area contributed by atoms with Crippen LogP contribution in [0.3, 0.4) is 0 Å². The number of phenols is 1. The zero-order valence-electron chi connectivity index (χ0n) is 48.5. The van der Waals surface area contributed by atoms with Gasteiger partial charge in [0.2, 0.25) is 5.91 Å². The summed E-state index contributed by atoms with van der Waals surface area (Å²) in [7, 11) is 0. The average Bonchev–Trinajstić information content (AvgIpc) is 3.11. The van der Waals surface area contributed by atoms with Crippen LogP contribution in [0.4, 0.5) is 0 Å². The van der Waals surface area contributed by atoms with E-state index in [0.29, 0.717) is 92.2 Å². The molecule has 15 N–H and O–H groups in total. The van der Waals surface area contributed by atoms with Gasteiger partial charge in [0.1, 0.15) is 30.3 Å². The van der Waals surface area contributed by atoms with E-state index < -0.39 is 76.8 Å². The number of guanidine groups is 1. The van der Waals surface area contributed by atoms with E-state index in [1.54, 1.807) is 30.3 Å². The third-order valence-corrected chi connectivity index (χ3v) is 19.3. The number of amides is 1. The van der Waals surface area contributed by atoms with Gasteiger partial charge in [0.05, 0.1) is 30.5 Å². The lowest BCUT2D eigenvalue weighted by atomic mass is 9.51. The van der Waals surface area contributed by atoms with Crippen molar-refractivity contribution in [1.82, 2.24) is 16.0 Å². The fraction of sp³-hybridized carbons (Fsp3) is 0.507. The molecule has 6 aliphatic rings. The highest BCUT2D eigenvalue weighted by Gasteiger charge is 2.69. The van der Waals surface area contributed by atoms with Gasteiger partial charge in [0.25, 0.3) is 0 Å². The molecule has 3 aliphatic carbocycles. The molecule has 3 aromatic rings. The lowest BCUT2D eigenvalue weighted by molar-refractivity contribution is -0.181. The molecule has 83 heavy (non-hydrogen) atoms. The molecule has 3 saturated carbocycles. The number of nitrogens with two attached hydrogens (primary N) is 3. The second-order valence-electron chi connectivity index (χ2n) is 24.4. The number of aliphatic hydroxyl groups excluding tert-OH is 3. The Bertz CT molecular complexity index is 3100. The molecule has 13 atom stereocenters. The van der Waals surface area contributed by atoms with E-state index in [1.807, 2.05) is 81.5 Å². The number of aliphatic imine (C=N–C) groups is 1. The summed E-state index contributed by atoms with van der Waals surface area (Å²) in [6.45, 7) is 10.9. The number of aromatic hydroxyl groups is 1. The molecule has 3 aliphatic heterocycles. The Kier molecular flexibility index (Phi) is 19.5. The molecule has 3 fully saturated rings. The van der Waals surface area contributed by atoms with Gasteiger partial charge in [-0.05, 0) is 158 Å². The zero-order chi connectivity index (χ0) is 59.2. The first kappa shape index (κ1) is 61.3. The fourth-order valence-corrected chi connectivity index (χ4v) is 15.1. The van der Waals surface area contributed by atoms with E-state index >= 15 is 4.79 Å². The summed E-state index contributed by atoms with van der Waals surface area (Å²) < 4.78 is 6.32. The number of likely N-dealkylation sites (N-methyl/N-ethyl adjacent to an activating group) is 1. The smallest absolute Gasteiger partial charge is 0.243 e. The Morgan fingerprint density at radius 2 is 1.73 bits per heavy atom. The molecule has 444 valence electrons. The standard InChI is InChI=1S/C67H87N7O9/c1-5-73-67(82)30-26-40(2)12-6-7-31-83-39-48(17-8-13-41(67)3)58-47-18-11-28-65(81)29-27-51-42(4)56(77)35-46-16-10-19-52-59(46)60(63(80)74-62(52)68)71-38-57(78)53(54(37-72-64(69)70)45-20-22-49(75)23-21-45)34-44-15-9-14-43(32-44)33-50(76)24-25-55(51)66(65,36-47)61(58)79/h8-10,13-17,19-23,26,32,47,50,53-55,57-58,60-62,71,73,75-76,78-79,81-82H,3,5,11-12,18,24-25,27-31,33-39,68H2,1-2,4H3,(H,74,80)(H4,69,70,72)/b13-8+,40-26+,48-17-,51-42+/t47-,50+,53+,54-,55-,57-,58-,60-,61-,62-,65-,66-,67-/m1/s1. The predicted octanol–water partition coefficient (Wildman–Crippen LogP) is 5.92. The van der Waals surface area contributed by atoms with Gasteiger partial charge < -0.3 is 57.9 Å². The second-order valence-corrected chi connectivity index (χ2v) is 24.4. The summed E-state index contributed by atoms with van der Waals surface area (Å²) in [6.07, 6.45) is 8.90. The lowest BCUT2D eigenvalue weighted by Gasteiger charge is -2.57. The minimum Gasteiger partial charge on any atom is -0.508 e. The molecule has 3 aromatic carbocycles. The normalized spacial score (nSPS) is 35.0. The molecular weight excluding hydrogens is 1050 g/mol. The van der Waals surface area contributed by atoms with Gasteiger partial charge in [0, 0.05) is 49.6 Å². The highest BCUT2D eigenvalue weighted by molar-refractivity contribution is 5.98. The van der Waals surface area contributed by atoms with Crippen molar-refractivity contribution in [2.75, 3.05) is 32.8 Å². The van der Waals surface area contributed by atoms with Gasteiger partial charge in [-0.25, -0.2) is 0 Å². The van der Waals surface area contributed by atoms with Crippen LogP contribution in [0.15, 0.2) is 130 Å². The number of β-amino-alcohol motifs (C(OH)–C–C–N with tert-alkyl or cyclic N) is 1. The number of benzene rings is 3. The van der Waals surface area contributed by atoms with Crippen LogP contribution in [0.2, 0.25) is 0 Å². The van der Waals surface area contributed by atoms with Crippen LogP contribution < -0.4 is 33.2 Å². The molecule has 9 rings (SSSR count). The van der Waals surface area contributed by atoms with E-state index in [2.05, 4.69) is 39.4 Å². The maximum atomic E-state index is 15.3. The number of allylic oxidation sites excluding steroid dienone is 5. The number of carbonyl (C=O) groups is 2. The number of Topliss-reactive ketones (excluding diaryl/α,β-unsaturated/α-hetero) is 1. The quantitative estimate of drug-likeness (QED) is 0.0430. The van der Waals surface area contributed by atoms with Gasteiger partial charge >= 0.3 is 0 Å². The Balaban J connectivity index is 1.14. The van der Waals surface area contributed by atoms with Crippen LogP contribution in [0.1, 0.15) is 136 Å². The molecule has 4 bridgehead atoms. The number of nitrogens with one attached hydrogen (secondary N) is 3. The predicted molar refractivity (Wildman–Crippen MR) is 322 cm³/mol. The monoisotopic (exact) mass is 1130 g/mol. The molecule has 1 spiro atoms. The van der Waals surface area contributed by atoms with Crippen LogP contribution in [-0.4, -0.2) is 111 Å². The van der Waals surface area contributed by atoms with Crippen LogP contribution in [0.5, 0.6) is 5.75 Å². The molecule has 3 heterocycles. The minimum absolute atomic E-state index is 0.0610. The topological polar surface area (TPSA) is 291 Å². The second kappa shape index (κ2) is 26.4. The average molecular weight is 1130 g/mol. The van der Waals surface area contributed by atoms with Crippen molar-refractivity contribution in [3.8, 4) is 17.6 Å². The van der Waals surface area contributed by atoms with Gasteiger partial charge in [0.15, 0.2) is 11.7 Å². The number of aliphatic hydroxyl groups is 5. The zero-order valence-corrected chi connectivity index (χ0v) is 48.5. The van der Waals surface area contributed by atoms with E-state index in [4.69, 9.17) is 21.9 Å². The Hall–Kier alpha value is -6.23. The number of hydrogen-bond acceptors (Lipinski definition) is 13. The first-order valence-corrected chi connectivity index (χ1v) is 29.8. The minimum atomic E-state index is -1.40. The fourth-order valence-electron chi connectivity index (χ4n) is 15.1. The number of fused-ring (bicyclic) bond motifs is 4. The number of ether oxygens (including phenoxy) is 1. The maximum Gasteiger partial charge on any atom is 0.243 e. The van der Waals surface area contributed by atoms with Gasteiger partial charge in [-0.15, -0.1) is 0 Å². The molecule has 0 radical (unpaired) electrons. The number of hydrogen-bond donors (Lipinski definition) is 12. The molecule has 0 aromatic heterocycles. The Morgan fingerprint density at radius 1 is 0.976 bits per heavy atom. The SMILES string of the molecule is C=C1/C=C/C=C(\[C@H]2[C@@H]3CCC[C@@]4(O)CC/C5=C(/C)C(=O)Cc6cccc7c6[C@@H](NC[C@@H](O)[C@H]([C@H](CN=C(N)N)c6ccc(O)cc6)Cc6cccc(c6)C[C@@H](O)CC[C@H]5[C@]4(C3)[C@@H]2O)C(=O)N[C@H]7N)COCC#CC/C(C)=C/C[C@]1(O)NCC. The first-order chi connectivity index (χ1) is 39.7. The van der Waals surface area contributed by atoms with Crippen molar-refractivity contribution < 1.29 is 45.0 Å². The van der Waals surface area contributed by atoms with E-state index in [1.165, 1.54) is 0 Å². The van der Waals surface area contributed by atoms with Crippen molar-refractivity contribution in [2.24, 2.45) is 51.3 Å². The van der Waals surface area contributed by atoms with Gasteiger partial charge in [-0.2, -0.15) is 0 Å². The molecule has 0 saturated heterocycles. The number of nitrogens with zero attached hydrogens (tertiary/aromatic N) is 1. The Morgan fingerprint density at radius 3 is 2.49 bits per heavy atom. The number of phenolic OH excluding ortho intramolecular Hbond substituents is 1. The van der Waals surface area contributed by atoms with Gasteiger partial charge in [-0.3, -0.25) is 25.2 Å². The Labute approximate surface area is 489 Å². The van der Waals surface area contributed by atoms with Crippen molar-refractivity contribution in [1.29, 1.82) is 0 Å². The number of carbonyl (C=O) groups excluding carboxylic acids is 2. The van der Waals surface area contributed by atoms with Crippen molar-refractivity contribution in [3.63, 3.8) is 0 Å². The van der Waals surface area contributed by atoms with Crippen LogP contribution in [0, 0.1) is 40.9 Å². The summed E-state index contributed by atoms with van der Waals surface area (Å²) in [5, 5.41) is 83.4. The van der Waals surface area contributed by atoms with Crippen LogP contribution >= 0.6 is 0 Å². The van der Waals surface area contributed by atoms with Gasteiger partial charge in [-0.1, -0.05) is 122 Å². The van der Waals surface area contributed by atoms with Crippen LogP contribution in [0.25, 0.3) is 0 Å². The number of ketones is 1. The highest BCUT2D eigenvalue weighted by Crippen LogP contribution is 2.68. The van der Waals surface area contributed by atoms with Crippen molar-refractivity contribution in [3.05, 3.63) is 159 Å². The van der Waals surface area contributed by atoms with Crippen molar-refractivity contribution >= 4 is 17.6 Å². The van der Waals surface area contributed by atoms with E-state index in [9.17, 15) is 35.4 Å². The third kappa shape index (κ3) is 13.2. The molecule has 16 nitrogen and oxygen atoms in total.